The molecule has 0 atom stereocenters. The van der Waals surface area contributed by atoms with Crippen molar-refractivity contribution in [3.05, 3.63) is 29.6 Å². The van der Waals surface area contributed by atoms with Crippen LogP contribution in [0, 0.1) is 11.3 Å². The number of pyridine rings is 1. The van der Waals surface area contributed by atoms with E-state index in [1.165, 1.54) is 12.1 Å². The number of rotatable bonds is 1. The van der Waals surface area contributed by atoms with Crippen molar-refractivity contribution in [3.63, 3.8) is 0 Å². The molecular formula is C7H3N2O2-. The van der Waals surface area contributed by atoms with Gasteiger partial charge in [0.2, 0.25) is 0 Å². The Balaban J connectivity index is 3.03. The number of nitriles is 1. The van der Waals surface area contributed by atoms with Crippen LogP contribution in [0.4, 0.5) is 0 Å². The van der Waals surface area contributed by atoms with Gasteiger partial charge in [0.1, 0.15) is 11.8 Å². The maximum Gasteiger partial charge on any atom is 0.140 e. The first-order chi connectivity index (χ1) is 5.24. The largest absolute Gasteiger partial charge is 0.545 e. The summed E-state index contributed by atoms with van der Waals surface area (Å²) in [6.45, 7) is 0. The molecule has 0 saturated heterocycles. The summed E-state index contributed by atoms with van der Waals surface area (Å²) < 4.78 is 0. The second kappa shape index (κ2) is 2.80. The van der Waals surface area contributed by atoms with Crippen LogP contribution in [0.1, 0.15) is 16.1 Å². The van der Waals surface area contributed by atoms with Gasteiger partial charge in [-0.2, -0.15) is 5.26 Å². The summed E-state index contributed by atoms with van der Waals surface area (Å²) in [6.07, 6.45) is 1.09. The molecule has 0 unspecified atom stereocenters. The number of aromatic carboxylic acids is 1. The molecule has 0 saturated carbocycles. The highest BCUT2D eigenvalue weighted by Gasteiger charge is 1.93. The Bertz CT molecular complexity index is 310. The minimum atomic E-state index is -1.29. The lowest BCUT2D eigenvalue weighted by molar-refractivity contribution is -0.255. The van der Waals surface area contributed by atoms with E-state index >= 15 is 0 Å². The van der Waals surface area contributed by atoms with E-state index in [0.717, 1.165) is 6.20 Å². The standard InChI is InChI=1S/C7H4N2O2/c8-3-6-2-1-5(4-9-6)7(10)11/h1-2,4H,(H,10,11)/p-1. The Morgan fingerprint density at radius 3 is 2.73 bits per heavy atom. The SMILES string of the molecule is N#Cc1ccc(C(=O)[O-])cn1. The van der Waals surface area contributed by atoms with Crippen LogP contribution in [0.25, 0.3) is 0 Å². The fraction of sp³-hybridized carbons (Fsp3) is 0. The monoisotopic (exact) mass is 147 g/mol. The first kappa shape index (κ1) is 7.22. The molecule has 54 valence electrons. The fourth-order valence-corrected chi connectivity index (χ4v) is 0.581. The number of carboxylic acid groups (broad SMARTS) is 1. The quantitative estimate of drug-likeness (QED) is 0.527. The van der Waals surface area contributed by atoms with Crippen molar-refractivity contribution in [1.82, 2.24) is 4.98 Å². The Hall–Kier alpha value is -1.89. The van der Waals surface area contributed by atoms with E-state index in [-0.39, 0.29) is 11.3 Å². The van der Waals surface area contributed by atoms with Crippen LogP contribution >= 0.6 is 0 Å². The first-order valence-corrected chi connectivity index (χ1v) is 2.81. The molecule has 0 aliphatic carbocycles. The summed E-state index contributed by atoms with van der Waals surface area (Å²) >= 11 is 0. The minimum absolute atomic E-state index is 0.0241. The summed E-state index contributed by atoms with van der Waals surface area (Å²) in [7, 11) is 0. The van der Waals surface area contributed by atoms with E-state index in [2.05, 4.69) is 4.98 Å². The zero-order valence-electron chi connectivity index (χ0n) is 5.44. The van der Waals surface area contributed by atoms with Crippen LogP contribution < -0.4 is 5.11 Å². The van der Waals surface area contributed by atoms with Crippen LogP contribution in [0.5, 0.6) is 0 Å². The van der Waals surface area contributed by atoms with Gasteiger partial charge in [0.15, 0.2) is 0 Å². The molecule has 11 heavy (non-hydrogen) atoms. The third-order valence-corrected chi connectivity index (χ3v) is 1.11. The van der Waals surface area contributed by atoms with Crippen molar-refractivity contribution >= 4 is 5.97 Å². The van der Waals surface area contributed by atoms with Crippen LogP contribution in [0.15, 0.2) is 18.3 Å². The molecule has 0 aromatic carbocycles. The summed E-state index contributed by atoms with van der Waals surface area (Å²) in [5.74, 6) is -1.29. The predicted octanol–water partition coefficient (Wildman–Crippen LogP) is -0.683. The van der Waals surface area contributed by atoms with Crippen LogP contribution in [0.3, 0.4) is 0 Å². The van der Waals surface area contributed by atoms with Gasteiger partial charge in [0.25, 0.3) is 0 Å². The Labute approximate surface area is 62.7 Å². The molecule has 1 heterocycles. The molecule has 1 aromatic heterocycles. The van der Waals surface area contributed by atoms with Crippen LogP contribution in [0.2, 0.25) is 0 Å². The molecule has 0 N–H and O–H groups in total. The highest BCUT2D eigenvalue weighted by Crippen LogP contribution is 1.96. The molecular weight excluding hydrogens is 144 g/mol. The molecule has 0 aliphatic heterocycles. The zero-order chi connectivity index (χ0) is 8.27. The van der Waals surface area contributed by atoms with Gasteiger partial charge in [-0.25, -0.2) is 4.98 Å². The number of carboxylic acids is 1. The molecule has 1 rings (SSSR count). The number of carbonyl (C=O) groups excluding carboxylic acids is 1. The van der Waals surface area contributed by atoms with Crippen molar-refractivity contribution in [2.24, 2.45) is 0 Å². The third kappa shape index (κ3) is 1.52. The van der Waals surface area contributed by atoms with Gasteiger partial charge in [-0.3, -0.25) is 0 Å². The van der Waals surface area contributed by atoms with E-state index in [9.17, 15) is 9.90 Å². The highest BCUT2D eigenvalue weighted by atomic mass is 16.4. The lowest BCUT2D eigenvalue weighted by Crippen LogP contribution is -2.22. The molecule has 4 heteroatoms. The van der Waals surface area contributed by atoms with E-state index < -0.39 is 5.97 Å². The lowest BCUT2D eigenvalue weighted by Gasteiger charge is -1.98. The zero-order valence-corrected chi connectivity index (χ0v) is 5.44. The molecule has 0 aliphatic rings. The molecule has 0 bridgehead atoms. The molecule has 0 fully saturated rings. The molecule has 0 radical (unpaired) electrons. The first-order valence-electron chi connectivity index (χ1n) is 2.81. The summed E-state index contributed by atoms with van der Waals surface area (Å²) in [4.78, 5) is 13.7. The maximum atomic E-state index is 10.2. The van der Waals surface area contributed by atoms with Gasteiger partial charge in [-0.15, -0.1) is 0 Å². The Morgan fingerprint density at radius 1 is 1.64 bits per heavy atom. The summed E-state index contributed by atoms with van der Waals surface area (Å²) in [5, 5.41) is 18.5. The minimum Gasteiger partial charge on any atom is -0.545 e. The molecule has 4 nitrogen and oxygen atoms in total. The average molecular weight is 147 g/mol. The van der Waals surface area contributed by atoms with E-state index in [4.69, 9.17) is 5.26 Å². The van der Waals surface area contributed by atoms with Crippen molar-refractivity contribution in [2.75, 3.05) is 0 Å². The van der Waals surface area contributed by atoms with E-state index in [0.29, 0.717) is 0 Å². The van der Waals surface area contributed by atoms with Crippen molar-refractivity contribution < 1.29 is 9.90 Å². The van der Waals surface area contributed by atoms with Crippen LogP contribution in [-0.4, -0.2) is 11.0 Å². The molecule has 0 spiro atoms. The number of aromatic nitrogens is 1. The normalized spacial score (nSPS) is 8.64. The lowest BCUT2D eigenvalue weighted by atomic mass is 10.2. The number of carbonyl (C=O) groups is 1. The topological polar surface area (TPSA) is 76.8 Å². The average Bonchev–Trinajstić information content (AvgIpc) is 2.05. The number of hydrogen-bond acceptors (Lipinski definition) is 4. The fourth-order valence-electron chi connectivity index (χ4n) is 0.581. The molecule has 1 aromatic rings. The van der Waals surface area contributed by atoms with Crippen LogP contribution in [-0.2, 0) is 0 Å². The second-order valence-corrected chi connectivity index (χ2v) is 1.83. The predicted molar refractivity (Wildman–Crippen MR) is 33.3 cm³/mol. The van der Waals surface area contributed by atoms with E-state index in [1.807, 2.05) is 0 Å². The van der Waals surface area contributed by atoms with Crippen molar-refractivity contribution in [2.45, 2.75) is 0 Å². The van der Waals surface area contributed by atoms with Gasteiger partial charge in [-0.1, -0.05) is 0 Å². The van der Waals surface area contributed by atoms with Crippen molar-refractivity contribution in [1.29, 1.82) is 5.26 Å². The van der Waals surface area contributed by atoms with Gasteiger partial charge in [0.05, 0.1) is 5.97 Å². The number of hydrogen-bond donors (Lipinski definition) is 0. The second-order valence-electron chi connectivity index (χ2n) is 1.83. The van der Waals surface area contributed by atoms with Gasteiger partial charge in [0, 0.05) is 11.8 Å². The summed E-state index contributed by atoms with van der Waals surface area (Å²) in [6, 6.07) is 4.37. The summed E-state index contributed by atoms with van der Waals surface area (Å²) in [5.41, 5.74) is 0.166. The van der Waals surface area contributed by atoms with Gasteiger partial charge >= 0.3 is 0 Å². The molecule has 0 amide bonds. The third-order valence-electron chi connectivity index (χ3n) is 1.11. The highest BCUT2D eigenvalue weighted by molar-refractivity contribution is 5.85. The Morgan fingerprint density at radius 2 is 2.36 bits per heavy atom. The Kier molecular flexibility index (Phi) is 1.83. The van der Waals surface area contributed by atoms with Crippen molar-refractivity contribution in [3.8, 4) is 6.07 Å². The maximum absolute atomic E-state index is 10.2. The number of nitrogens with zero attached hydrogens (tertiary/aromatic N) is 2. The van der Waals surface area contributed by atoms with Gasteiger partial charge < -0.3 is 9.90 Å². The van der Waals surface area contributed by atoms with E-state index in [1.54, 1.807) is 6.07 Å². The van der Waals surface area contributed by atoms with Gasteiger partial charge in [-0.05, 0) is 12.1 Å². The smallest absolute Gasteiger partial charge is 0.140 e.